The van der Waals surface area contributed by atoms with E-state index in [-0.39, 0.29) is 12.3 Å². The van der Waals surface area contributed by atoms with Crippen LogP contribution in [0.2, 0.25) is 15.2 Å². The second-order valence-corrected chi connectivity index (χ2v) is 4.65. The number of ketones is 1. The topological polar surface area (TPSA) is 34.9 Å². The van der Waals surface area contributed by atoms with Crippen LogP contribution in [0.4, 0.5) is 0 Å². The molecule has 3 nitrogen and oxygen atoms in total. The number of nitrogens with zero attached hydrogens (tertiary/aromatic N) is 2. The van der Waals surface area contributed by atoms with E-state index >= 15 is 0 Å². The maximum atomic E-state index is 11.9. The summed E-state index contributed by atoms with van der Waals surface area (Å²) in [5, 5.41) is 1.19. The molecule has 0 aliphatic rings. The predicted molar refractivity (Wildman–Crippen MR) is 68.0 cm³/mol. The first kappa shape index (κ1) is 12.4. The highest BCUT2D eigenvalue weighted by atomic mass is 35.5. The highest BCUT2D eigenvalue weighted by molar-refractivity contribution is 6.36. The molecule has 6 heteroatoms. The largest absolute Gasteiger partial charge is 0.328 e. The van der Waals surface area contributed by atoms with Crippen molar-refractivity contribution in [3.05, 3.63) is 51.5 Å². The molecule has 0 spiro atoms. The molecule has 1 heterocycles. The van der Waals surface area contributed by atoms with Gasteiger partial charge in [0.15, 0.2) is 5.78 Å². The second-order valence-electron chi connectivity index (χ2n) is 3.42. The Morgan fingerprint density at radius 3 is 2.65 bits per heavy atom. The third-order valence-corrected chi connectivity index (χ3v) is 2.90. The summed E-state index contributed by atoms with van der Waals surface area (Å²) in [5.41, 5.74) is 0.431. The first-order valence-electron chi connectivity index (χ1n) is 4.72. The third-order valence-electron chi connectivity index (χ3n) is 2.16. The zero-order valence-corrected chi connectivity index (χ0v) is 10.8. The van der Waals surface area contributed by atoms with E-state index in [1.165, 1.54) is 12.4 Å². The minimum atomic E-state index is -0.124. The summed E-state index contributed by atoms with van der Waals surface area (Å²) in [5.74, 6) is -0.124. The molecular weight excluding hydrogens is 282 g/mol. The molecule has 0 atom stereocenters. The first-order valence-corrected chi connectivity index (χ1v) is 5.85. The van der Waals surface area contributed by atoms with Gasteiger partial charge in [-0.25, -0.2) is 4.98 Å². The van der Waals surface area contributed by atoms with Gasteiger partial charge in [0.2, 0.25) is 0 Å². The van der Waals surface area contributed by atoms with Gasteiger partial charge in [-0.3, -0.25) is 4.79 Å². The van der Waals surface area contributed by atoms with Crippen LogP contribution < -0.4 is 0 Å². The van der Waals surface area contributed by atoms with Crippen molar-refractivity contribution in [1.82, 2.24) is 9.55 Å². The van der Waals surface area contributed by atoms with Crippen molar-refractivity contribution in [2.24, 2.45) is 0 Å². The molecule has 0 saturated carbocycles. The summed E-state index contributed by atoms with van der Waals surface area (Å²) >= 11 is 17.4. The lowest BCUT2D eigenvalue weighted by atomic mass is 10.1. The van der Waals surface area contributed by atoms with Gasteiger partial charge in [0.1, 0.15) is 5.15 Å². The van der Waals surface area contributed by atoms with Crippen molar-refractivity contribution in [1.29, 1.82) is 0 Å². The highest BCUT2D eigenvalue weighted by Crippen LogP contribution is 2.21. The average Bonchev–Trinajstić information content (AvgIpc) is 2.63. The summed E-state index contributed by atoms with van der Waals surface area (Å²) in [7, 11) is 0. The van der Waals surface area contributed by atoms with Gasteiger partial charge in [-0.15, -0.1) is 0 Å². The summed E-state index contributed by atoms with van der Waals surface area (Å²) < 4.78 is 1.59. The number of carbonyl (C=O) groups excluding carboxylic acids is 1. The van der Waals surface area contributed by atoms with Crippen LogP contribution in [0.5, 0.6) is 0 Å². The lowest BCUT2D eigenvalue weighted by molar-refractivity contribution is 0.0972. The number of benzene rings is 1. The Bertz CT molecular complexity index is 566. The fourth-order valence-corrected chi connectivity index (χ4v) is 2.07. The fraction of sp³-hybridized carbons (Fsp3) is 0.0909. The zero-order valence-electron chi connectivity index (χ0n) is 8.53. The number of Topliss-reactive ketones (excluding diaryl/α,β-unsaturated/α-hetero) is 1. The highest BCUT2D eigenvalue weighted by Gasteiger charge is 2.11. The average molecular weight is 290 g/mol. The van der Waals surface area contributed by atoms with Crippen molar-refractivity contribution in [2.75, 3.05) is 0 Å². The van der Waals surface area contributed by atoms with Crippen LogP contribution in [0.1, 0.15) is 10.4 Å². The molecule has 0 amide bonds. The van der Waals surface area contributed by atoms with Gasteiger partial charge < -0.3 is 4.57 Å². The van der Waals surface area contributed by atoms with Crippen molar-refractivity contribution in [3.8, 4) is 0 Å². The quantitative estimate of drug-likeness (QED) is 0.807. The van der Waals surface area contributed by atoms with Crippen molar-refractivity contribution >= 4 is 40.6 Å². The molecule has 0 aliphatic heterocycles. The molecule has 17 heavy (non-hydrogen) atoms. The van der Waals surface area contributed by atoms with E-state index in [2.05, 4.69) is 4.98 Å². The molecule has 0 N–H and O–H groups in total. The summed E-state index contributed by atoms with van der Waals surface area (Å²) in [6.45, 7) is 0.140. The van der Waals surface area contributed by atoms with Gasteiger partial charge in [-0.2, -0.15) is 0 Å². The normalized spacial score (nSPS) is 10.5. The molecule has 2 aromatic rings. The van der Waals surface area contributed by atoms with Crippen LogP contribution in [-0.4, -0.2) is 15.3 Å². The maximum absolute atomic E-state index is 11.9. The molecule has 0 bridgehead atoms. The van der Waals surface area contributed by atoms with Gasteiger partial charge in [-0.1, -0.05) is 34.8 Å². The molecule has 0 radical (unpaired) electrons. The van der Waals surface area contributed by atoms with Crippen LogP contribution in [0.25, 0.3) is 0 Å². The molecule has 1 aromatic carbocycles. The Morgan fingerprint density at radius 1 is 1.29 bits per heavy atom. The number of imidazole rings is 1. The summed E-state index contributed by atoms with van der Waals surface area (Å²) in [4.78, 5) is 15.8. The minimum absolute atomic E-state index is 0.124. The Labute approximate surface area is 113 Å². The fourth-order valence-electron chi connectivity index (χ4n) is 1.39. The molecule has 2 rings (SSSR count). The Balaban J connectivity index is 2.20. The number of halogens is 3. The van der Waals surface area contributed by atoms with Crippen LogP contribution in [0.15, 0.2) is 30.7 Å². The Kier molecular flexibility index (Phi) is 3.72. The maximum Gasteiger partial charge on any atom is 0.184 e. The van der Waals surface area contributed by atoms with Crippen LogP contribution in [-0.2, 0) is 6.54 Å². The number of hydrogen-bond donors (Lipinski definition) is 0. The van der Waals surface area contributed by atoms with Crippen molar-refractivity contribution in [2.45, 2.75) is 6.54 Å². The second kappa shape index (κ2) is 5.08. The van der Waals surface area contributed by atoms with E-state index in [1.807, 2.05) is 0 Å². The first-order chi connectivity index (χ1) is 8.06. The SMILES string of the molecule is O=C(Cn1cnc(Cl)c1)c1ccc(Cl)cc1Cl. The van der Waals surface area contributed by atoms with Gasteiger partial charge in [0, 0.05) is 16.8 Å². The molecule has 0 saturated heterocycles. The lowest BCUT2D eigenvalue weighted by Crippen LogP contribution is -2.09. The molecule has 0 fully saturated rings. The van der Waals surface area contributed by atoms with E-state index < -0.39 is 0 Å². The van der Waals surface area contributed by atoms with Gasteiger partial charge in [0.25, 0.3) is 0 Å². The third kappa shape index (κ3) is 3.00. The van der Waals surface area contributed by atoms with E-state index in [0.29, 0.717) is 20.8 Å². The van der Waals surface area contributed by atoms with Crippen LogP contribution in [0, 0.1) is 0 Å². The van der Waals surface area contributed by atoms with E-state index in [9.17, 15) is 4.79 Å². The molecule has 88 valence electrons. The van der Waals surface area contributed by atoms with Crippen LogP contribution in [0.3, 0.4) is 0 Å². The molecular formula is C11H7Cl3N2O. The molecule has 1 aromatic heterocycles. The van der Waals surface area contributed by atoms with Crippen LogP contribution >= 0.6 is 34.8 Å². The summed E-state index contributed by atoms with van der Waals surface area (Å²) in [6.07, 6.45) is 3.06. The van der Waals surface area contributed by atoms with Gasteiger partial charge >= 0.3 is 0 Å². The smallest absolute Gasteiger partial charge is 0.184 e. The lowest BCUT2D eigenvalue weighted by Gasteiger charge is -2.04. The number of rotatable bonds is 3. The van der Waals surface area contributed by atoms with Crippen molar-refractivity contribution < 1.29 is 4.79 Å². The van der Waals surface area contributed by atoms with E-state index in [0.717, 1.165) is 0 Å². The number of carbonyl (C=O) groups is 1. The Morgan fingerprint density at radius 2 is 2.06 bits per heavy atom. The molecule has 0 unspecified atom stereocenters. The van der Waals surface area contributed by atoms with Gasteiger partial charge in [-0.05, 0) is 18.2 Å². The van der Waals surface area contributed by atoms with E-state index in [4.69, 9.17) is 34.8 Å². The monoisotopic (exact) mass is 288 g/mol. The predicted octanol–water partition coefficient (Wildman–Crippen LogP) is 3.73. The number of aromatic nitrogens is 2. The minimum Gasteiger partial charge on any atom is -0.328 e. The van der Waals surface area contributed by atoms with Crippen molar-refractivity contribution in [3.63, 3.8) is 0 Å². The van der Waals surface area contributed by atoms with E-state index in [1.54, 1.807) is 22.9 Å². The Hall–Kier alpha value is -1.03. The standard InChI is InChI=1S/C11H7Cl3N2O/c12-7-1-2-8(9(13)3-7)10(17)4-16-5-11(14)15-6-16/h1-3,5-6H,4H2. The number of hydrogen-bond acceptors (Lipinski definition) is 2. The summed E-state index contributed by atoms with van der Waals surface area (Å²) in [6, 6.07) is 4.77. The molecule has 0 aliphatic carbocycles. The zero-order chi connectivity index (χ0) is 12.4. The van der Waals surface area contributed by atoms with Gasteiger partial charge in [0.05, 0.1) is 17.9 Å².